The molecule has 2 rings (SSSR count). The maximum Gasteiger partial charge on any atom is 0.339 e. The number of benzene rings is 1. The fourth-order valence-electron chi connectivity index (χ4n) is 2.26. The summed E-state index contributed by atoms with van der Waals surface area (Å²) >= 11 is 2.04. The molecule has 1 heterocycles. The first-order chi connectivity index (χ1) is 9.77. The van der Waals surface area contributed by atoms with E-state index in [4.69, 9.17) is 9.84 Å². The minimum atomic E-state index is -0.951. The van der Waals surface area contributed by atoms with Gasteiger partial charge in [0.25, 0.3) is 0 Å². The second kappa shape index (κ2) is 8.17. The zero-order valence-electron chi connectivity index (χ0n) is 11.5. The minimum absolute atomic E-state index is 0.219. The molecule has 2 N–H and O–H groups in total. The zero-order chi connectivity index (χ0) is 14.2. The Hall–Kier alpha value is -1.20. The highest BCUT2D eigenvalue weighted by Gasteiger charge is 2.13. The van der Waals surface area contributed by atoms with Crippen LogP contribution in [0.15, 0.2) is 24.3 Å². The van der Waals surface area contributed by atoms with Gasteiger partial charge in [0.15, 0.2) is 0 Å². The molecule has 0 saturated carbocycles. The summed E-state index contributed by atoms with van der Waals surface area (Å²) in [4.78, 5) is 11.0. The Morgan fingerprint density at radius 3 is 2.85 bits per heavy atom. The molecule has 0 bridgehead atoms. The number of aromatic carboxylic acids is 1. The zero-order valence-corrected chi connectivity index (χ0v) is 12.3. The number of carbonyl (C=O) groups is 1. The Bertz CT molecular complexity index is 433. The van der Waals surface area contributed by atoms with Crippen LogP contribution in [0.3, 0.4) is 0 Å². The van der Waals surface area contributed by atoms with E-state index in [0.29, 0.717) is 12.4 Å². The summed E-state index contributed by atoms with van der Waals surface area (Å²) in [5.74, 6) is 2.82. The number of rotatable bonds is 7. The van der Waals surface area contributed by atoms with Crippen molar-refractivity contribution >= 4 is 17.7 Å². The van der Waals surface area contributed by atoms with E-state index in [2.05, 4.69) is 5.32 Å². The van der Waals surface area contributed by atoms with Crippen LogP contribution in [0.4, 0.5) is 0 Å². The van der Waals surface area contributed by atoms with Gasteiger partial charge in [-0.15, -0.1) is 0 Å². The van der Waals surface area contributed by atoms with Crippen LogP contribution in [-0.4, -0.2) is 42.3 Å². The molecule has 1 aromatic carbocycles. The Balaban J connectivity index is 1.67. The predicted octanol–water partition coefficient (Wildman–Crippen LogP) is 2.50. The third-order valence-corrected chi connectivity index (χ3v) is 4.48. The van der Waals surface area contributed by atoms with E-state index < -0.39 is 5.97 Å². The SMILES string of the molecule is O=C(O)c1ccccc1OCCNCC1CCSCC1. The van der Waals surface area contributed by atoms with Crippen LogP contribution in [0.5, 0.6) is 5.75 Å². The van der Waals surface area contributed by atoms with E-state index in [1.165, 1.54) is 24.3 Å². The molecule has 4 nitrogen and oxygen atoms in total. The number of carboxylic acid groups (broad SMARTS) is 1. The topological polar surface area (TPSA) is 58.6 Å². The minimum Gasteiger partial charge on any atom is -0.491 e. The molecule has 5 heteroatoms. The van der Waals surface area contributed by atoms with Crippen molar-refractivity contribution in [2.45, 2.75) is 12.8 Å². The molecule has 20 heavy (non-hydrogen) atoms. The maximum absolute atomic E-state index is 11.0. The smallest absolute Gasteiger partial charge is 0.339 e. The Morgan fingerprint density at radius 2 is 2.10 bits per heavy atom. The number of nitrogens with one attached hydrogen (secondary N) is 1. The van der Waals surface area contributed by atoms with Gasteiger partial charge < -0.3 is 15.2 Å². The largest absolute Gasteiger partial charge is 0.491 e. The van der Waals surface area contributed by atoms with Crippen molar-refractivity contribution in [3.63, 3.8) is 0 Å². The van der Waals surface area contributed by atoms with Gasteiger partial charge in [-0.05, 0) is 48.9 Å². The summed E-state index contributed by atoms with van der Waals surface area (Å²) in [6, 6.07) is 6.75. The van der Waals surface area contributed by atoms with Crippen molar-refractivity contribution < 1.29 is 14.6 Å². The molecule has 0 spiro atoms. The van der Waals surface area contributed by atoms with Crippen molar-refractivity contribution in [3.8, 4) is 5.75 Å². The van der Waals surface area contributed by atoms with Crippen LogP contribution in [0.2, 0.25) is 0 Å². The lowest BCUT2D eigenvalue weighted by Crippen LogP contribution is -2.29. The summed E-state index contributed by atoms with van der Waals surface area (Å²) in [5.41, 5.74) is 0.219. The van der Waals surface area contributed by atoms with Crippen LogP contribution in [0.25, 0.3) is 0 Å². The number of thioether (sulfide) groups is 1. The molecule has 0 radical (unpaired) electrons. The van der Waals surface area contributed by atoms with E-state index in [-0.39, 0.29) is 5.56 Å². The van der Waals surface area contributed by atoms with Crippen molar-refractivity contribution in [3.05, 3.63) is 29.8 Å². The van der Waals surface area contributed by atoms with Crippen LogP contribution in [0.1, 0.15) is 23.2 Å². The van der Waals surface area contributed by atoms with Gasteiger partial charge in [0.05, 0.1) is 0 Å². The molecular formula is C15H21NO3S. The van der Waals surface area contributed by atoms with Gasteiger partial charge in [-0.2, -0.15) is 11.8 Å². The van der Waals surface area contributed by atoms with Crippen molar-refractivity contribution in [1.82, 2.24) is 5.32 Å². The standard InChI is InChI=1S/C15H21NO3S/c17-15(18)13-3-1-2-4-14(13)19-8-7-16-11-12-5-9-20-10-6-12/h1-4,12,16H,5-11H2,(H,17,18). The van der Waals surface area contributed by atoms with Gasteiger partial charge in [-0.3, -0.25) is 0 Å². The van der Waals surface area contributed by atoms with Crippen LogP contribution in [-0.2, 0) is 0 Å². The van der Waals surface area contributed by atoms with Gasteiger partial charge >= 0.3 is 5.97 Å². The Kier molecular flexibility index (Phi) is 6.21. The number of ether oxygens (including phenoxy) is 1. The van der Waals surface area contributed by atoms with Gasteiger partial charge in [-0.1, -0.05) is 12.1 Å². The van der Waals surface area contributed by atoms with E-state index in [0.717, 1.165) is 19.0 Å². The molecule has 1 aliphatic heterocycles. The molecule has 110 valence electrons. The first-order valence-electron chi connectivity index (χ1n) is 7.01. The van der Waals surface area contributed by atoms with Crippen LogP contribution in [0, 0.1) is 5.92 Å². The van der Waals surface area contributed by atoms with E-state index >= 15 is 0 Å². The highest BCUT2D eigenvalue weighted by molar-refractivity contribution is 7.99. The van der Waals surface area contributed by atoms with Gasteiger partial charge in [0.1, 0.15) is 17.9 Å². The first kappa shape index (κ1) is 15.2. The summed E-state index contributed by atoms with van der Waals surface area (Å²) in [7, 11) is 0. The predicted molar refractivity (Wildman–Crippen MR) is 81.8 cm³/mol. The summed E-state index contributed by atoms with van der Waals surface area (Å²) in [5, 5.41) is 12.4. The average Bonchev–Trinajstić information content (AvgIpc) is 2.48. The highest BCUT2D eigenvalue weighted by Crippen LogP contribution is 2.21. The fourth-order valence-corrected chi connectivity index (χ4v) is 3.46. The van der Waals surface area contributed by atoms with Gasteiger partial charge in [0, 0.05) is 6.54 Å². The highest BCUT2D eigenvalue weighted by atomic mass is 32.2. The third kappa shape index (κ3) is 4.72. The molecule has 0 unspecified atom stereocenters. The molecule has 0 amide bonds. The monoisotopic (exact) mass is 295 g/mol. The maximum atomic E-state index is 11.0. The van der Waals surface area contributed by atoms with Crippen LogP contribution < -0.4 is 10.1 Å². The molecular weight excluding hydrogens is 274 g/mol. The number of hydrogen-bond acceptors (Lipinski definition) is 4. The molecule has 0 aliphatic carbocycles. The van der Waals surface area contributed by atoms with Gasteiger partial charge in [0.2, 0.25) is 0 Å². The number of carboxylic acids is 1. The van der Waals surface area contributed by atoms with Crippen molar-refractivity contribution in [1.29, 1.82) is 0 Å². The van der Waals surface area contributed by atoms with E-state index in [1.807, 2.05) is 11.8 Å². The fraction of sp³-hybridized carbons (Fsp3) is 0.533. The summed E-state index contributed by atoms with van der Waals surface area (Å²) < 4.78 is 5.54. The first-order valence-corrected chi connectivity index (χ1v) is 8.16. The quantitative estimate of drug-likeness (QED) is 0.757. The molecule has 1 saturated heterocycles. The lowest BCUT2D eigenvalue weighted by Gasteiger charge is -2.21. The number of hydrogen-bond donors (Lipinski definition) is 2. The molecule has 1 aliphatic rings. The van der Waals surface area contributed by atoms with E-state index in [1.54, 1.807) is 24.3 Å². The lowest BCUT2D eigenvalue weighted by atomic mass is 10.0. The average molecular weight is 295 g/mol. The normalized spacial score (nSPS) is 16.0. The van der Waals surface area contributed by atoms with Crippen molar-refractivity contribution in [2.24, 2.45) is 5.92 Å². The number of para-hydroxylation sites is 1. The second-order valence-electron chi connectivity index (χ2n) is 4.91. The van der Waals surface area contributed by atoms with Crippen LogP contribution >= 0.6 is 11.8 Å². The van der Waals surface area contributed by atoms with E-state index in [9.17, 15) is 4.79 Å². The Morgan fingerprint density at radius 1 is 1.35 bits per heavy atom. The molecule has 1 fully saturated rings. The van der Waals surface area contributed by atoms with Crippen molar-refractivity contribution in [2.75, 3.05) is 31.2 Å². The molecule has 0 aromatic heterocycles. The third-order valence-electron chi connectivity index (χ3n) is 3.43. The molecule has 0 atom stereocenters. The lowest BCUT2D eigenvalue weighted by molar-refractivity contribution is 0.0692. The second-order valence-corrected chi connectivity index (χ2v) is 6.13. The Labute approximate surface area is 123 Å². The summed E-state index contributed by atoms with van der Waals surface area (Å²) in [6.45, 7) is 2.27. The molecule has 1 aromatic rings. The van der Waals surface area contributed by atoms with Gasteiger partial charge in [-0.25, -0.2) is 4.79 Å². The summed E-state index contributed by atoms with van der Waals surface area (Å²) in [6.07, 6.45) is 2.58.